The molecule has 0 bridgehead atoms. The van der Waals surface area contributed by atoms with Crippen molar-refractivity contribution in [2.45, 2.75) is 11.8 Å². The molecule has 0 N–H and O–H groups in total. The molecule has 1 heterocycles. The zero-order valence-corrected chi connectivity index (χ0v) is 13.3. The van der Waals surface area contributed by atoms with E-state index in [2.05, 4.69) is 12.1 Å². The summed E-state index contributed by atoms with van der Waals surface area (Å²) in [5.74, 6) is -0.602. The minimum atomic E-state index is -1.19. The summed E-state index contributed by atoms with van der Waals surface area (Å²) in [4.78, 5) is 24.9. The highest BCUT2D eigenvalue weighted by molar-refractivity contribution is 8.00. The minimum absolute atomic E-state index is 0.0537. The summed E-state index contributed by atoms with van der Waals surface area (Å²) in [6.45, 7) is 0.656. The minimum Gasteiger partial charge on any atom is -0.545 e. The van der Waals surface area contributed by atoms with Crippen molar-refractivity contribution in [2.75, 3.05) is 12.3 Å². The molecule has 1 amide bonds. The van der Waals surface area contributed by atoms with E-state index in [1.807, 2.05) is 23.1 Å². The molecule has 0 spiro atoms. The first-order valence-electron chi connectivity index (χ1n) is 7.41. The Hall–Kier alpha value is -2.27. The number of carboxylic acids is 1. The Kier molecular flexibility index (Phi) is 4.67. The molecule has 0 radical (unpaired) electrons. The van der Waals surface area contributed by atoms with Crippen LogP contribution in [0.4, 0.5) is 0 Å². The van der Waals surface area contributed by atoms with Gasteiger partial charge in [-0.25, -0.2) is 0 Å². The van der Waals surface area contributed by atoms with Crippen molar-refractivity contribution in [1.29, 1.82) is 0 Å². The van der Waals surface area contributed by atoms with Gasteiger partial charge in [-0.3, -0.25) is 4.79 Å². The summed E-state index contributed by atoms with van der Waals surface area (Å²) in [6, 6.07) is 16.6. The number of thioether (sulfide) groups is 1. The lowest BCUT2D eigenvalue weighted by Gasteiger charge is -2.24. The van der Waals surface area contributed by atoms with E-state index in [0.29, 0.717) is 12.3 Å². The van der Waals surface area contributed by atoms with E-state index >= 15 is 0 Å². The second-order valence-electron chi connectivity index (χ2n) is 5.40. The Balaban J connectivity index is 1.72. The van der Waals surface area contributed by atoms with E-state index in [1.165, 1.54) is 17.7 Å². The number of carbonyl (C=O) groups excluding carboxylic acids is 2. The largest absolute Gasteiger partial charge is 0.545 e. The molecule has 1 saturated heterocycles. The lowest BCUT2D eigenvalue weighted by Crippen LogP contribution is -2.30. The van der Waals surface area contributed by atoms with Gasteiger partial charge >= 0.3 is 0 Å². The molecule has 2 aromatic carbocycles. The smallest absolute Gasteiger partial charge is 0.233 e. The zero-order valence-electron chi connectivity index (χ0n) is 12.5. The average molecular weight is 326 g/mol. The van der Waals surface area contributed by atoms with Crippen molar-refractivity contribution in [3.63, 3.8) is 0 Å². The van der Waals surface area contributed by atoms with Crippen LogP contribution < -0.4 is 5.11 Å². The lowest BCUT2D eigenvalue weighted by atomic mass is 10.1. The van der Waals surface area contributed by atoms with Gasteiger partial charge < -0.3 is 14.8 Å². The lowest BCUT2D eigenvalue weighted by molar-refractivity contribution is -0.255. The molecular weight excluding hydrogens is 310 g/mol. The molecule has 0 saturated carbocycles. The van der Waals surface area contributed by atoms with Gasteiger partial charge in [0.2, 0.25) is 5.91 Å². The molecule has 0 aromatic heterocycles. The van der Waals surface area contributed by atoms with Gasteiger partial charge in [0.1, 0.15) is 5.37 Å². The first-order chi connectivity index (χ1) is 11.1. The number of carbonyl (C=O) groups is 2. The molecule has 23 heavy (non-hydrogen) atoms. The summed E-state index contributed by atoms with van der Waals surface area (Å²) >= 11 is 1.57. The number of carboxylic acid groups (broad SMARTS) is 1. The summed E-state index contributed by atoms with van der Waals surface area (Å²) in [5.41, 5.74) is 2.29. The molecule has 0 unspecified atom stereocenters. The highest BCUT2D eigenvalue weighted by Crippen LogP contribution is 2.38. The number of hydrogen-bond donors (Lipinski definition) is 0. The molecular formula is C18H16NO3S-. The Labute approximate surface area is 139 Å². The molecule has 2 aromatic rings. The summed E-state index contributed by atoms with van der Waals surface area (Å²) in [5, 5.41) is 10.8. The van der Waals surface area contributed by atoms with E-state index in [4.69, 9.17) is 0 Å². The van der Waals surface area contributed by atoms with Crippen LogP contribution in [0.2, 0.25) is 0 Å². The van der Waals surface area contributed by atoms with E-state index in [1.54, 1.807) is 23.9 Å². The first kappa shape index (κ1) is 15.6. The Morgan fingerprint density at radius 2 is 1.83 bits per heavy atom. The summed E-state index contributed by atoms with van der Waals surface area (Å²) < 4.78 is 0. The van der Waals surface area contributed by atoms with Crippen molar-refractivity contribution in [2.24, 2.45) is 0 Å². The van der Waals surface area contributed by atoms with Crippen LogP contribution in [0.25, 0.3) is 0 Å². The topological polar surface area (TPSA) is 60.4 Å². The third-order valence-electron chi connectivity index (χ3n) is 3.88. The van der Waals surface area contributed by atoms with Crippen molar-refractivity contribution >= 4 is 23.6 Å². The maximum absolute atomic E-state index is 12.2. The quantitative estimate of drug-likeness (QED) is 0.841. The normalized spacial score (nSPS) is 17.5. The monoisotopic (exact) mass is 326 g/mol. The fourth-order valence-electron chi connectivity index (χ4n) is 2.65. The average Bonchev–Trinajstić information content (AvgIpc) is 2.95. The predicted molar refractivity (Wildman–Crippen MR) is 87.8 cm³/mol. The molecule has 1 atom stereocenters. The number of hydrogen-bond acceptors (Lipinski definition) is 4. The molecule has 0 aliphatic carbocycles. The molecule has 118 valence electrons. The molecule has 5 heteroatoms. The molecule has 3 rings (SSSR count). The van der Waals surface area contributed by atoms with Crippen molar-refractivity contribution < 1.29 is 14.7 Å². The van der Waals surface area contributed by atoms with Crippen LogP contribution >= 0.6 is 11.8 Å². The third-order valence-corrected chi connectivity index (χ3v) is 5.14. The van der Waals surface area contributed by atoms with Crippen LogP contribution in [0.15, 0.2) is 54.6 Å². The van der Waals surface area contributed by atoms with Gasteiger partial charge in [-0.15, -0.1) is 11.8 Å². The number of rotatable bonds is 5. The molecule has 1 fully saturated rings. The Bertz CT molecular complexity index is 700. The van der Waals surface area contributed by atoms with Crippen LogP contribution in [0.3, 0.4) is 0 Å². The van der Waals surface area contributed by atoms with Crippen LogP contribution in [-0.4, -0.2) is 29.1 Å². The van der Waals surface area contributed by atoms with E-state index in [-0.39, 0.29) is 16.8 Å². The molecule has 1 aliphatic heterocycles. The highest BCUT2D eigenvalue weighted by Gasteiger charge is 2.32. The van der Waals surface area contributed by atoms with Crippen molar-refractivity contribution in [1.82, 2.24) is 4.90 Å². The predicted octanol–water partition coefficient (Wildman–Crippen LogP) is 1.87. The van der Waals surface area contributed by atoms with Gasteiger partial charge in [0.25, 0.3) is 0 Å². The highest BCUT2D eigenvalue weighted by atomic mass is 32.2. The van der Waals surface area contributed by atoms with E-state index < -0.39 is 5.97 Å². The fourth-order valence-corrected chi connectivity index (χ4v) is 3.87. The Morgan fingerprint density at radius 1 is 1.13 bits per heavy atom. The number of benzene rings is 2. The van der Waals surface area contributed by atoms with Gasteiger partial charge in [0.05, 0.1) is 11.7 Å². The number of amides is 1. The van der Waals surface area contributed by atoms with Crippen molar-refractivity contribution in [3.8, 4) is 0 Å². The van der Waals surface area contributed by atoms with Gasteiger partial charge in [-0.05, 0) is 23.1 Å². The SMILES string of the molecule is O=C([O-])c1ccc([C@H]2SCC(=O)N2CCc2ccccc2)cc1. The number of aromatic carboxylic acids is 1. The van der Waals surface area contributed by atoms with Gasteiger partial charge in [-0.2, -0.15) is 0 Å². The van der Waals surface area contributed by atoms with Gasteiger partial charge in [0, 0.05) is 6.54 Å². The van der Waals surface area contributed by atoms with Crippen molar-refractivity contribution in [3.05, 3.63) is 71.3 Å². The maximum atomic E-state index is 12.2. The first-order valence-corrected chi connectivity index (χ1v) is 8.46. The van der Waals surface area contributed by atoms with Crippen LogP contribution in [-0.2, 0) is 11.2 Å². The fraction of sp³-hybridized carbons (Fsp3) is 0.222. The third kappa shape index (κ3) is 3.56. The standard InChI is InChI=1S/C18H17NO3S/c20-16-12-23-17(14-6-8-15(9-7-14)18(21)22)19(16)11-10-13-4-2-1-3-5-13/h1-9,17H,10-12H2,(H,21,22)/p-1/t17-/m1/s1. The van der Waals surface area contributed by atoms with Gasteiger partial charge in [-0.1, -0.05) is 54.6 Å². The number of nitrogens with zero attached hydrogens (tertiary/aromatic N) is 1. The second kappa shape index (κ2) is 6.87. The van der Waals surface area contributed by atoms with E-state index in [0.717, 1.165) is 12.0 Å². The van der Waals surface area contributed by atoms with Gasteiger partial charge in [0.15, 0.2) is 0 Å². The van der Waals surface area contributed by atoms with Crippen LogP contribution in [0.1, 0.15) is 26.9 Å². The summed E-state index contributed by atoms with van der Waals surface area (Å²) in [7, 11) is 0. The van der Waals surface area contributed by atoms with Crippen LogP contribution in [0.5, 0.6) is 0 Å². The van der Waals surface area contributed by atoms with E-state index in [9.17, 15) is 14.7 Å². The molecule has 1 aliphatic rings. The summed E-state index contributed by atoms with van der Waals surface area (Å²) in [6.07, 6.45) is 0.806. The second-order valence-corrected chi connectivity index (χ2v) is 6.46. The zero-order chi connectivity index (χ0) is 16.2. The Morgan fingerprint density at radius 3 is 2.48 bits per heavy atom. The molecule has 4 nitrogen and oxygen atoms in total. The maximum Gasteiger partial charge on any atom is 0.233 e. The van der Waals surface area contributed by atoms with Crippen LogP contribution in [0, 0.1) is 0 Å².